The van der Waals surface area contributed by atoms with Crippen molar-refractivity contribution in [2.45, 2.75) is 26.0 Å². The van der Waals surface area contributed by atoms with Gasteiger partial charge in [-0.05, 0) is 18.1 Å². The summed E-state index contributed by atoms with van der Waals surface area (Å²) in [5.74, 6) is 0.142. The fourth-order valence-electron chi connectivity index (χ4n) is 2.28. The third-order valence-electron chi connectivity index (χ3n) is 3.88. The van der Waals surface area contributed by atoms with Crippen LogP contribution in [0.2, 0.25) is 0 Å². The molecule has 0 aliphatic carbocycles. The van der Waals surface area contributed by atoms with Crippen LogP contribution in [-0.4, -0.2) is 52.9 Å². The van der Waals surface area contributed by atoms with Gasteiger partial charge in [0, 0.05) is 19.9 Å². The van der Waals surface area contributed by atoms with Crippen LogP contribution in [0.4, 0.5) is 0 Å². The lowest BCUT2D eigenvalue weighted by Crippen LogP contribution is -2.66. The predicted molar refractivity (Wildman–Crippen MR) is 72.0 cm³/mol. The highest BCUT2D eigenvalue weighted by Gasteiger charge is 2.46. The van der Waals surface area contributed by atoms with Gasteiger partial charge >= 0.3 is 0 Å². The molecule has 0 unspecified atom stereocenters. The summed E-state index contributed by atoms with van der Waals surface area (Å²) < 4.78 is 6.92. The van der Waals surface area contributed by atoms with E-state index in [1.165, 1.54) is 0 Å². The Labute approximate surface area is 113 Å². The maximum absolute atomic E-state index is 12.3. The SMILES string of the molecule is COCCn1cccc1C(=O)N1CC(O)(C(C)C)C1. The fraction of sp³-hybridized carbons (Fsp3) is 0.643. The van der Waals surface area contributed by atoms with E-state index in [1.807, 2.05) is 36.7 Å². The standard InChI is InChI=1S/C14H22N2O3/c1-11(2)14(18)9-16(10-14)13(17)12-5-4-6-15(12)7-8-19-3/h4-6,11,18H,7-10H2,1-3H3. The molecule has 106 valence electrons. The molecule has 0 atom stereocenters. The zero-order chi connectivity index (χ0) is 14.0. The molecule has 0 spiro atoms. The minimum atomic E-state index is -0.723. The maximum Gasteiger partial charge on any atom is 0.270 e. The lowest BCUT2D eigenvalue weighted by Gasteiger charge is -2.49. The second-order valence-electron chi connectivity index (χ2n) is 5.50. The molecule has 1 aliphatic rings. The zero-order valence-corrected chi connectivity index (χ0v) is 11.8. The van der Waals surface area contributed by atoms with Gasteiger partial charge in [0.25, 0.3) is 5.91 Å². The number of ether oxygens (including phenoxy) is 1. The number of likely N-dealkylation sites (tertiary alicyclic amines) is 1. The average molecular weight is 266 g/mol. The van der Waals surface area contributed by atoms with Gasteiger partial charge in [-0.25, -0.2) is 0 Å². The number of hydrogen-bond acceptors (Lipinski definition) is 3. The number of aliphatic hydroxyl groups is 1. The van der Waals surface area contributed by atoms with Crippen LogP contribution in [-0.2, 0) is 11.3 Å². The fourth-order valence-corrected chi connectivity index (χ4v) is 2.28. The lowest BCUT2D eigenvalue weighted by atomic mass is 9.83. The first-order valence-electron chi connectivity index (χ1n) is 6.63. The molecule has 1 aromatic heterocycles. The van der Waals surface area contributed by atoms with Crippen molar-refractivity contribution in [3.63, 3.8) is 0 Å². The first-order valence-corrected chi connectivity index (χ1v) is 6.63. The third-order valence-corrected chi connectivity index (χ3v) is 3.88. The Balaban J connectivity index is 2.00. The van der Waals surface area contributed by atoms with E-state index in [9.17, 15) is 9.90 Å². The van der Waals surface area contributed by atoms with Gasteiger partial charge < -0.3 is 19.3 Å². The summed E-state index contributed by atoms with van der Waals surface area (Å²) in [7, 11) is 1.64. The first kappa shape index (κ1) is 14.1. The molecule has 2 heterocycles. The molecular weight excluding hydrogens is 244 g/mol. The quantitative estimate of drug-likeness (QED) is 0.864. The van der Waals surface area contributed by atoms with Crippen LogP contribution in [0.15, 0.2) is 18.3 Å². The Morgan fingerprint density at radius 2 is 2.21 bits per heavy atom. The van der Waals surface area contributed by atoms with E-state index in [-0.39, 0.29) is 11.8 Å². The summed E-state index contributed by atoms with van der Waals surface area (Å²) in [6.07, 6.45) is 1.88. The molecule has 1 amide bonds. The summed E-state index contributed by atoms with van der Waals surface area (Å²) in [5, 5.41) is 10.2. The van der Waals surface area contributed by atoms with Crippen LogP contribution in [0.1, 0.15) is 24.3 Å². The van der Waals surface area contributed by atoms with Crippen LogP contribution >= 0.6 is 0 Å². The second-order valence-corrected chi connectivity index (χ2v) is 5.50. The molecular formula is C14H22N2O3. The van der Waals surface area contributed by atoms with Gasteiger partial charge in [0.05, 0.1) is 19.7 Å². The number of methoxy groups -OCH3 is 1. The average Bonchev–Trinajstić information content (AvgIpc) is 2.79. The molecule has 19 heavy (non-hydrogen) atoms. The number of rotatable bonds is 5. The van der Waals surface area contributed by atoms with E-state index in [2.05, 4.69) is 0 Å². The third kappa shape index (κ3) is 2.67. The van der Waals surface area contributed by atoms with Gasteiger partial charge in [0.15, 0.2) is 0 Å². The normalized spacial score (nSPS) is 17.6. The number of amides is 1. The van der Waals surface area contributed by atoms with Crippen molar-refractivity contribution in [2.24, 2.45) is 5.92 Å². The lowest BCUT2D eigenvalue weighted by molar-refractivity contribution is -0.111. The van der Waals surface area contributed by atoms with Crippen molar-refractivity contribution in [1.29, 1.82) is 0 Å². The molecule has 1 N–H and O–H groups in total. The van der Waals surface area contributed by atoms with Crippen molar-refractivity contribution < 1.29 is 14.6 Å². The molecule has 0 bridgehead atoms. The highest BCUT2D eigenvalue weighted by atomic mass is 16.5. The van der Waals surface area contributed by atoms with Crippen molar-refractivity contribution in [2.75, 3.05) is 26.8 Å². The zero-order valence-electron chi connectivity index (χ0n) is 11.8. The molecule has 1 fully saturated rings. The number of carbonyl (C=O) groups excluding carboxylic acids is 1. The smallest absolute Gasteiger partial charge is 0.270 e. The number of nitrogens with zero attached hydrogens (tertiary/aromatic N) is 2. The van der Waals surface area contributed by atoms with Crippen LogP contribution < -0.4 is 0 Å². The molecule has 5 nitrogen and oxygen atoms in total. The highest BCUT2D eigenvalue weighted by Crippen LogP contribution is 2.29. The highest BCUT2D eigenvalue weighted by molar-refractivity contribution is 5.93. The van der Waals surface area contributed by atoms with E-state index in [0.717, 1.165) is 0 Å². The Morgan fingerprint density at radius 3 is 2.79 bits per heavy atom. The molecule has 1 aliphatic heterocycles. The van der Waals surface area contributed by atoms with Crippen LogP contribution in [0.25, 0.3) is 0 Å². The summed E-state index contributed by atoms with van der Waals surface area (Å²) >= 11 is 0. The number of aromatic nitrogens is 1. The largest absolute Gasteiger partial charge is 0.386 e. The van der Waals surface area contributed by atoms with Gasteiger partial charge in [0.2, 0.25) is 0 Å². The molecule has 2 rings (SSSR count). The van der Waals surface area contributed by atoms with Gasteiger partial charge in [-0.3, -0.25) is 4.79 Å². The van der Waals surface area contributed by atoms with Gasteiger partial charge in [-0.1, -0.05) is 13.8 Å². The summed E-state index contributed by atoms with van der Waals surface area (Å²) in [5.41, 5.74) is -0.0672. The van der Waals surface area contributed by atoms with Crippen LogP contribution in [0.5, 0.6) is 0 Å². The summed E-state index contributed by atoms with van der Waals surface area (Å²) in [6, 6.07) is 3.67. The topological polar surface area (TPSA) is 54.7 Å². The molecule has 5 heteroatoms. The molecule has 1 aromatic rings. The molecule has 0 saturated carbocycles. The van der Waals surface area contributed by atoms with Crippen molar-refractivity contribution in [1.82, 2.24) is 9.47 Å². The van der Waals surface area contributed by atoms with Gasteiger partial charge in [0.1, 0.15) is 11.3 Å². The predicted octanol–water partition coefficient (Wildman–Crippen LogP) is 0.977. The van der Waals surface area contributed by atoms with Crippen LogP contribution in [0.3, 0.4) is 0 Å². The number of carbonyl (C=O) groups is 1. The van der Waals surface area contributed by atoms with Crippen molar-refractivity contribution >= 4 is 5.91 Å². The van der Waals surface area contributed by atoms with E-state index in [0.29, 0.717) is 31.9 Å². The molecule has 0 radical (unpaired) electrons. The summed E-state index contributed by atoms with van der Waals surface area (Å²) in [6.45, 7) is 6.02. The first-order chi connectivity index (χ1) is 8.98. The van der Waals surface area contributed by atoms with Gasteiger partial charge in [-0.15, -0.1) is 0 Å². The monoisotopic (exact) mass is 266 g/mol. The van der Waals surface area contributed by atoms with E-state index < -0.39 is 5.60 Å². The van der Waals surface area contributed by atoms with Crippen LogP contribution in [0, 0.1) is 5.92 Å². The van der Waals surface area contributed by atoms with Crippen molar-refractivity contribution in [3.8, 4) is 0 Å². The number of hydrogen-bond donors (Lipinski definition) is 1. The Kier molecular flexibility index (Phi) is 3.96. The Bertz CT molecular complexity index is 447. The van der Waals surface area contributed by atoms with E-state index >= 15 is 0 Å². The minimum absolute atomic E-state index is 0.0218. The van der Waals surface area contributed by atoms with Crippen molar-refractivity contribution in [3.05, 3.63) is 24.0 Å². The second kappa shape index (κ2) is 5.35. The van der Waals surface area contributed by atoms with E-state index in [4.69, 9.17) is 4.74 Å². The molecule has 1 saturated heterocycles. The summed E-state index contributed by atoms with van der Waals surface area (Å²) in [4.78, 5) is 14.0. The minimum Gasteiger partial charge on any atom is -0.386 e. The Morgan fingerprint density at radius 1 is 1.53 bits per heavy atom. The number of β-amino-alcohol motifs (C(OH)–C–C–N with tert-alkyl or cyclic N) is 1. The molecule has 0 aromatic carbocycles. The Hall–Kier alpha value is -1.33. The van der Waals surface area contributed by atoms with Gasteiger partial charge in [-0.2, -0.15) is 0 Å². The van der Waals surface area contributed by atoms with E-state index in [1.54, 1.807) is 12.0 Å². The maximum atomic E-state index is 12.3.